The molecule has 2 aromatic rings. The second kappa shape index (κ2) is 8.05. The average molecular weight is 338 g/mol. The van der Waals surface area contributed by atoms with Gasteiger partial charge in [0.25, 0.3) is 0 Å². The van der Waals surface area contributed by atoms with Crippen LogP contribution in [0.2, 0.25) is 0 Å². The van der Waals surface area contributed by atoms with Gasteiger partial charge in [0.1, 0.15) is 5.75 Å². The van der Waals surface area contributed by atoms with E-state index in [9.17, 15) is 0 Å². The molecule has 2 nitrogen and oxygen atoms in total. The highest BCUT2D eigenvalue weighted by atomic mass is 16.5. The Morgan fingerprint density at radius 1 is 0.960 bits per heavy atom. The predicted octanol–water partition coefficient (Wildman–Crippen LogP) is 5.59. The molecule has 0 aromatic heterocycles. The van der Waals surface area contributed by atoms with Crippen LogP contribution in [0.15, 0.2) is 48.5 Å². The summed E-state index contributed by atoms with van der Waals surface area (Å²) in [6, 6.07) is 18.3. The van der Waals surface area contributed by atoms with Gasteiger partial charge in [-0.05, 0) is 74.5 Å². The van der Waals surface area contributed by atoms with E-state index in [1.54, 1.807) is 5.56 Å². The van der Waals surface area contributed by atoms with Crippen molar-refractivity contribution in [2.24, 2.45) is 0 Å². The van der Waals surface area contributed by atoms with Crippen molar-refractivity contribution in [1.29, 1.82) is 0 Å². The summed E-state index contributed by atoms with van der Waals surface area (Å²) >= 11 is 0. The van der Waals surface area contributed by atoms with Crippen LogP contribution in [0.25, 0.3) is 0 Å². The Labute approximate surface area is 152 Å². The molecular weight excluding hydrogens is 306 g/mol. The second-order valence-electron chi connectivity index (χ2n) is 7.31. The molecule has 0 aliphatic heterocycles. The first-order valence-electron chi connectivity index (χ1n) is 9.70. The molecule has 1 aliphatic rings. The molecule has 134 valence electrons. The highest BCUT2D eigenvalue weighted by Gasteiger charge is 2.33. The number of benzene rings is 2. The maximum atomic E-state index is 5.77. The Hall–Kier alpha value is -1.80. The van der Waals surface area contributed by atoms with E-state index in [1.807, 2.05) is 0 Å². The average Bonchev–Trinajstić information content (AvgIpc) is 2.96. The second-order valence-corrected chi connectivity index (χ2v) is 7.31. The largest absolute Gasteiger partial charge is 0.491 e. The van der Waals surface area contributed by atoms with Crippen molar-refractivity contribution in [3.8, 4) is 5.75 Å². The lowest BCUT2D eigenvalue weighted by atomic mass is 9.93. The summed E-state index contributed by atoms with van der Waals surface area (Å²) < 4.78 is 5.77. The van der Waals surface area contributed by atoms with Gasteiger partial charge in [0.05, 0.1) is 6.10 Å². The van der Waals surface area contributed by atoms with Crippen molar-refractivity contribution in [3.63, 3.8) is 0 Å². The van der Waals surface area contributed by atoms with E-state index >= 15 is 0 Å². The van der Waals surface area contributed by atoms with Crippen molar-refractivity contribution in [2.45, 2.75) is 58.6 Å². The van der Waals surface area contributed by atoms with Crippen LogP contribution in [-0.2, 0) is 6.42 Å². The molecule has 0 spiro atoms. The Balaban J connectivity index is 1.77. The first kappa shape index (κ1) is 18.0. The summed E-state index contributed by atoms with van der Waals surface area (Å²) in [7, 11) is 0. The standard InChI is InChI=1S/C23H31NO/c1-5-24(6-2)23-16-19(21-9-7-8-10-22(21)23)15-18-11-13-20(14-12-18)25-17(3)4/h7-14,17,19,23H,5-6,15-16H2,1-4H3. The highest BCUT2D eigenvalue weighted by molar-refractivity contribution is 5.40. The van der Waals surface area contributed by atoms with Gasteiger partial charge in [0.15, 0.2) is 0 Å². The first-order valence-corrected chi connectivity index (χ1v) is 9.70. The first-order chi connectivity index (χ1) is 12.1. The number of fused-ring (bicyclic) bond motifs is 1. The van der Waals surface area contributed by atoms with E-state index in [0.717, 1.165) is 25.3 Å². The van der Waals surface area contributed by atoms with E-state index in [2.05, 4.69) is 81.1 Å². The minimum atomic E-state index is 0.224. The van der Waals surface area contributed by atoms with E-state index in [0.29, 0.717) is 12.0 Å². The van der Waals surface area contributed by atoms with Crippen LogP contribution in [0.5, 0.6) is 5.75 Å². The van der Waals surface area contributed by atoms with Gasteiger partial charge in [-0.2, -0.15) is 0 Å². The van der Waals surface area contributed by atoms with Crippen LogP contribution in [0.3, 0.4) is 0 Å². The van der Waals surface area contributed by atoms with Crippen LogP contribution < -0.4 is 4.74 Å². The third-order valence-corrected chi connectivity index (χ3v) is 5.33. The molecule has 0 radical (unpaired) electrons. The lowest BCUT2D eigenvalue weighted by Crippen LogP contribution is -2.27. The topological polar surface area (TPSA) is 12.5 Å². The molecule has 2 atom stereocenters. The van der Waals surface area contributed by atoms with Crippen molar-refractivity contribution in [2.75, 3.05) is 13.1 Å². The predicted molar refractivity (Wildman–Crippen MR) is 105 cm³/mol. The molecule has 2 unspecified atom stereocenters. The number of nitrogens with zero attached hydrogens (tertiary/aromatic N) is 1. The fourth-order valence-corrected chi connectivity index (χ4v) is 4.17. The Kier molecular flexibility index (Phi) is 5.80. The van der Waals surface area contributed by atoms with Crippen LogP contribution >= 0.6 is 0 Å². The molecule has 25 heavy (non-hydrogen) atoms. The summed E-state index contributed by atoms with van der Waals surface area (Å²) in [4.78, 5) is 2.60. The zero-order valence-corrected chi connectivity index (χ0v) is 16.0. The molecule has 0 N–H and O–H groups in total. The number of ether oxygens (including phenoxy) is 1. The van der Waals surface area contributed by atoms with Crippen LogP contribution in [-0.4, -0.2) is 24.1 Å². The fraction of sp³-hybridized carbons (Fsp3) is 0.478. The Morgan fingerprint density at radius 3 is 2.20 bits per heavy atom. The van der Waals surface area contributed by atoms with Crippen LogP contribution in [0.1, 0.15) is 62.8 Å². The van der Waals surface area contributed by atoms with Gasteiger partial charge < -0.3 is 4.74 Å². The van der Waals surface area contributed by atoms with E-state index in [1.165, 1.54) is 17.5 Å². The van der Waals surface area contributed by atoms with Gasteiger partial charge >= 0.3 is 0 Å². The molecular formula is C23H31NO. The molecule has 0 saturated heterocycles. The number of hydrogen-bond donors (Lipinski definition) is 0. The van der Waals surface area contributed by atoms with Gasteiger partial charge in [-0.1, -0.05) is 50.2 Å². The van der Waals surface area contributed by atoms with Crippen molar-refractivity contribution in [1.82, 2.24) is 4.90 Å². The van der Waals surface area contributed by atoms with Crippen molar-refractivity contribution in [3.05, 3.63) is 65.2 Å². The zero-order valence-electron chi connectivity index (χ0n) is 16.0. The fourth-order valence-electron chi connectivity index (χ4n) is 4.17. The van der Waals surface area contributed by atoms with E-state index in [4.69, 9.17) is 4.74 Å². The summed E-state index contributed by atoms with van der Waals surface area (Å²) in [6.07, 6.45) is 2.56. The SMILES string of the molecule is CCN(CC)C1CC(Cc2ccc(OC(C)C)cc2)c2ccccc21. The zero-order chi connectivity index (χ0) is 17.8. The van der Waals surface area contributed by atoms with Crippen LogP contribution in [0.4, 0.5) is 0 Å². The Morgan fingerprint density at radius 2 is 1.60 bits per heavy atom. The van der Waals surface area contributed by atoms with Crippen LogP contribution in [0, 0.1) is 0 Å². The third-order valence-electron chi connectivity index (χ3n) is 5.33. The summed E-state index contributed by atoms with van der Waals surface area (Å²) in [5.41, 5.74) is 4.48. The third kappa shape index (κ3) is 4.07. The molecule has 1 aliphatic carbocycles. The molecule has 0 bridgehead atoms. The van der Waals surface area contributed by atoms with Gasteiger partial charge in [0, 0.05) is 6.04 Å². The lowest BCUT2D eigenvalue weighted by Gasteiger charge is -2.27. The molecule has 0 amide bonds. The summed E-state index contributed by atoms with van der Waals surface area (Å²) in [5, 5.41) is 0. The Bertz CT molecular complexity index is 673. The molecule has 2 aromatic carbocycles. The molecule has 0 fully saturated rings. The van der Waals surface area contributed by atoms with Gasteiger partial charge in [-0.3, -0.25) is 4.90 Å². The minimum Gasteiger partial charge on any atom is -0.491 e. The molecule has 3 rings (SSSR count). The number of hydrogen-bond acceptors (Lipinski definition) is 2. The maximum Gasteiger partial charge on any atom is 0.119 e. The monoisotopic (exact) mass is 337 g/mol. The molecule has 0 saturated carbocycles. The summed E-state index contributed by atoms with van der Waals surface area (Å²) in [6.45, 7) is 10.9. The normalized spacial score (nSPS) is 19.4. The molecule has 0 heterocycles. The van der Waals surface area contributed by atoms with E-state index in [-0.39, 0.29) is 6.10 Å². The van der Waals surface area contributed by atoms with Gasteiger partial charge in [0.2, 0.25) is 0 Å². The maximum absolute atomic E-state index is 5.77. The van der Waals surface area contributed by atoms with Crippen molar-refractivity contribution >= 4 is 0 Å². The highest BCUT2D eigenvalue weighted by Crippen LogP contribution is 2.44. The number of rotatable bonds is 7. The summed E-state index contributed by atoms with van der Waals surface area (Å²) in [5.74, 6) is 1.57. The molecule has 2 heteroatoms. The lowest BCUT2D eigenvalue weighted by molar-refractivity contribution is 0.212. The van der Waals surface area contributed by atoms with E-state index < -0.39 is 0 Å². The quantitative estimate of drug-likeness (QED) is 0.653. The minimum absolute atomic E-state index is 0.224. The van der Waals surface area contributed by atoms with Gasteiger partial charge in [-0.25, -0.2) is 0 Å². The van der Waals surface area contributed by atoms with Gasteiger partial charge in [-0.15, -0.1) is 0 Å². The van der Waals surface area contributed by atoms with Crippen molar-refractivity contribution < 1.29 is 4.74 Å². The smallest absolute Gasteiger partial charge is 0.119 e.